The number of benzene rings is 1. The second kappa shape index (κ2) is 9.81. The largest absolute Gasteiger partial charge is 0.470 e. The number of aliphatic imine (C=N–C) groups is 1. The number of rotatable bonds is 8. The normalized spacial score (nSPS) is 17.6. The van der Waals surface area contributed by atoms with Crippen molar-refractivity contribution >= 4 is 29.0 Å². The van der Waals surface area contributed by atoms with Crippen LogP contribution in [0.15, 0.2) is 46.5 Å². The highest BCUT2D eigenvalue weighted by Gasteiger charge is 2.43. The zero-order valence-corrected chi connectivity index (χ0v) is 17.6. The SMILES string of the molecule is N/C(=N/C(F)F)O[C@@H]1C[C@@H]1c1cc(NC(=O)c2cnc(OCc3cscn3)cn2)ccc1F. The summed E-state index contributed by atoms with van der Waals surface area (Å²) >= 11 is 1.45. The molecule has 172 valence electrons. The Morgan fingerprint density at radius 2 is 2.15 bits per heavy atom. The van der Waals surface area contributed by atoms with Crippen molar-refractivity contribution in [1.29, 1.82) is 0 Å². The summed E-state index contributed by atoms with van der Waals surface area (Å²) in [5.41, 5.74) is 8.34. The van der Waals surface area contributed by atoms with E-state index in [1.165, 1.54) is 41.9 Å². The van der Waals surface area contributed by atoms with Gasteiger partial charge in [0.05, 0.1) is 23.6 Å². The van der Waals surface area contributed by atoms with Crippen molar-refractivity contribution < 1.29 is 27.4 Å². The van der Waals surface area contributed by atoms with Crippen LogP contribution in [0.4, 0.5) is 18.9 Å². The molecule has 3 N–H and O–H groups in total. The number of hydrogen-bond donors (Lipinski definition) is 2. The van der Waals surface area contributed by atoms with Gasteiger partial charge in [-0.05, 0) is 30.2 Å². The Balaban J connectivity index is 1.36. The smallest absolute Gasteiger partial charge is 0.336 e. The second-order valence-electron chi connectivity index (χ2n) is 6.94. The van der Waals surface area contributed by atoms with Gasteiger partial charge < -0.3 is 20.5 Å². The molecular formula is C20H17F3N6O3S. The minimum absolute atomic E-state index is 0.0329. The molecule has 2 heterocycles. The highest BCUT2D eigenvalue weighted by Crippen LogP contribution is 2.45. The van der Waals surface area contributed by atoms with E-state index in [2.05, 4.69) is 25.3 Å². The number of amidine groups is 1. The Labute approximate surface area is 189 Å². The van der Waals surface area contributed by atoms with E-state index in [0.717, 1.165) is 5.69 Å². The molecule has 2 atom stereocenters. The number of ether oxygens (including phenoxy) is 2. The van der Waals surface area contributed by atoms with E-state index in [0.29, 0.717) is 12.1 Å². The summed E-state index contributed by atoms with van der Waals surface area (Å²) < 4.78 is 49.2. The first-order valence-corrected chi connectivity index (χ1v) is 10.5. The van der Waals surface area contributed by atoms with E-state index in [1.54, 1.807) is 5.51 Å². The lowest BCUT2D eigenvalue weighted by Gasteiger charge is -2.09. The van der Waals surface area contributed by atoms with Crippen molar-refractivity contribution in [2.45, 2.75) is 31.6 Å². The minimum Gasteiger partial charge on any atom is -0.470 e. The number of carbonyl (C=O) groups excluding carboxylic acids is 1. The molecule has 1 aromatic carbocycles. The molecule has 0 unspecified atom stereocenters. The van der Waals surface area contributed by atoms with Crippen molar-refractivity contribution in [3.63, 3.8) is 0 Å². The average molecular weight is 478 g/mol. The van der Waals surface area contributed by atoms with Crippen LogP contribution in [0.2, 0.25) is 0 Å². The Morgan fingerprint density at radius 3 is 2.85 bits per heavy atom. The van der Waals surface area contributed by atoms with E-state index in [4.69, 9.17) is 15.2 Å². The first-order chi connectivity index (χ1) is 15.9. The zero-order valence-electron chi connectivity index (χ0n) is 16.8. The number of thiazole rings is 1. The lowest BCUT2D eigenvalue weighted by molar-refractivity contribution is 0.102. The molecule has 9 nitrogen and oxygen atoms in total. The maximum absolute atomic E-state index is 14.3. The fourth-order valence-electron chi connectivity index (χ4n) is 2.98. The van der Waals surface area contributed by atoms with Gasteiger partial charge in [0.25, 0.3) is 11.9 Å². The molecule has 33 heavy (non-hydrogen) atoms. The third-order valence-electron chi connectivity index (χ3n) is 4.59. The fraction of sp³-hybridized carbons (Fsp3) is 0.250. The van der Waals surface area contributed by atoms with Crippen molar-refractivity contribution in [3.8, 4) is 5.88 Å². The van der Waals surface area contributed by atoms with Gasteiger partial charge in [-0.1, -0.05) is 0 Å². The number of alkyl halides is 2. The third-order valence-corrected chi connectivity index (χ3v) is 5.23. The molecule has 0 radical (unpaired) electrons. The number of carbonyl (C=O) groups is 1. The number of aromatic nitrogens is 3. The molecule has 13 heteroatoms. The van der Waals surface area contributed by atoms with E-state index < -0.39 is 36.3 Å². The summed E-state index contributed by atoms with van der Waals surface area (Å²) in [7, 11) is 0. The first-order valence-electron chi connectivity index (χ1n) is 9.60. The number of nitrogens with two attached hydrogens (primary N) is 1. The summed E-state index contributed by atoms with van der Waals surface area (Å²) in [5.74, 6) is -1.24. The Kier molecular flexibility index (Phi) is 6.68. The lowest BCUT2D eigenvalue weighted by Crippen LogP contribution is -2.19. The van der Waals surface area contributed by atoms with Gasteiger partial charge in [-0.15, -0.1) is 11.3 Å². The van der Waals surface area contributed by atoms with Crippen LogP contribution in [-0.4, -0.2) is 39.5 Å². The summed E-state index contributed by atoms with van der Waals surface area (Å²) in [5, 5.41) is 4.46. The van der Waals surface area contributed by atoms with Gasteiger partial charge in [0.2, 0.25) is 5.88 Å². The van der Waals surface area contributed by atoms with Crippen LogP contribution in [0.3, 0.4) is 0 Å². The van der Waals surface area contributed by atoms with Gasteiger partial charge in [0, 0.05) is 17.0 Å². The number of nitrogens with zero attached hydrogens (tertiary/aromatic N) is 4. The van der Waals surface area contributed by atoms with Crippen LogP contribution >= 0.6 is 11.3 Å². The first kappa shape index (κ1) is 22.5. The average Bonchev–Trinajstić information content (AvgIpc) is 3.32. The Bertz CT molecular complexity index is 1140. The topological polar surface area (TPSA) is 125 Å². The van der Waals surface area contributed by atoms with Gasteiger partial charge in [0.1, 0.15) is 24.2 Å². The molecule has 0 saturated heterocycles. The molecule has 1 amide bonds. The van der Waals surface area contributed by atoms with Crippen molar-refractivity contribution in [3.05, 3.63) is 64.3 Å². The maximum Gasteiger partial charge on any atom is 0.336 e. The van der Waals surface area contributed by atoms with Gasteiger partial charge in [-0.25, -0.2) is 19.3 Å². The quantitative estimate of drug-likeness (QED) is 0.289. The molecule has 2 aromatic heterocycles. The number of nitrogens with one attached hydrogen (secondary N) is 1. The van der Waals surface area contributed by atoms with E-state index in [9.17, 15) is 18.0 Å². The standard InChI is InChI=1S/C20H17F3N6O3S/c21-14-2-1-10(3-12(14)13-4-16(13)32-20(24)29-19(22)23)28-18(30)15-5-26-17(6-25-15)31-7-11-8-33-9-27-11/h1-3,5-6,8-9,13,16,19H,4,7H2,(H2,24,29)(H,28,30)/t13-,16-/m1/s1. The van der Waals surface area contributed by atoms with Gasteiger partial charge >= 0.3 is 6.55 Å². The molecular weight excluding hydrogens is 461 g/mol. The second-order valence-corrected chi connectivity index (χ2v) is 7.66. The van der Waals surface area contributed by atoms with Crippen LogP contribution in [0.25, 0.3) is 0 Å². The van der Waals surface area contributed by atoms with Gasteiger partial charge in [-0.3, -0.25) is 4.79 Å². The highest BCUT2D eigenvalue weighted by atomic mass is 32.1. The third kappa shape index (κ3) is 5.94. The van der Waals surface area contributed by atoms with E-state index >= 15 is 0 Å². The van der Waals surface area contributed by atoms with Gasteiger partial charge in [0.15, 0.2) is 0 Å². The number of hydrogen-bond acceptors (Lipinski definition) is 8. The molecule has 1 fully saturated rings. The Morgan fingerprint density at radius 1 is 1.30 bits per heavy atom. The lowest BCUT2D eigenvalue weighted by atomic mass is 10.1. The van der Waals surface area contributed by atoms with E-state index in [1.807, 2.05) is 5.38 Å². The number of halogens is 3. The molecule has 0 spiro atoms. The van der Waals surface area contributed by atoms with Crippen molar-refractivity contribution in [2.24, 2.45) is 10.7 Å². The highest BCUT2D eigenvalue weighted by molar-refractivity contribution is 7.07. The fourth-order valence-corrected chi connectivity index (χ4v) is 3.52. The minimum atomic E-state index is -2.99. The van der Waals surface area contributed by atoms with E-state index in [-0.39, 0.29) is 23.7 Å². The van der Waals surface area contributed by atoms with Crippen LogP contribution in [-0.2, 0) is 11.3 Å². The molecule has 0 bridgehead atoms. The Hall–Kier alpha value is -3.74. The molecule has 0 aliphatic heterocycles. The number of anilines is 1. The van der Waals surface area contributed by atoms with Crippen LogP contribution in [0.5, 0.6) is 5.88 Å². The molecule has 1 saturated carbocycles. The van der Waals surface area contributed by atoms with Gasteiger partial charge in [-0.2, -0.15) is 13.8 Å². The molecule has 1 aliphatic rings. The zero-order chi connectivity index (χ0) is 23.4. The van der Waals surface area contributed by atoms with Crippen molar-refractivity contribution in [1.82, 2.24) is 15.0 Å². The van der Waals surface area contributed by atoms with Crippen LogP contribution in [0, 0.1) is 5.82 Å². The van der Waals surface area contributed by atoms with Crippen LogP contribution < -0.4 is 15.8 Å². The summed E-state index contributed by atoms with van der Waals surface area (Å²) in [6.07, 6.45) is 2.37. The molecule has 4 rings (SSSR count). The van der Waals surface area contributed by atoms with Crippen molar-refractivity contribution in [2.75, 3.05) is 5.32 Å². The predicted octanol–water partition coefficient (Wildman–Crippen LogP) is 3.31. The molecule has 3 aromatic rings. The molecule has 1 aliphatic carbocycles. The maximum atomic E-state index is 14.3. The monoisotopic (exact) mass is 478 g/mol. The summed E-state index contributed by atoms with van der Waals surface area (Å²) in [6.45, 7) is -2.76. The summed E-state index contributed by atoms with van der Waals surface area (Å²) in [6, 6.07) is 3.37. The van der Waals surface area contributed by atoms with Crippen LogP contribution in [0.1, 0.15) is 34.1 Å². The summed E-state index contributed by atoms with van der Waals surface area (Å²) in [4.78, 5) is 27.4. The number of amides is 1. The predicted molar refractivity (Wildman–Crippen MR) is 113 cm³/mol.